The Labute approximate surface area is 318 Å². The highest BCUT2D eigenvalue weighted by Gasteiger charge is 2.24. The normalized spacial score (nSPS) is 11.6. The molecule has 55 heavy (non-hydrogen) atoms. The van der Waals surface area contributed by atoms with Crippen molar-refractivity contribution in [3.05, 3.63) is 206 Å². The van der Waals surface area contributed by atoms with Gasteiger partial charge in [0, 0.05) is 43.9 Å². The highest BCUT2D eigenvalue weighted by Crippen LogP contribution is 2.48. The number of fused-ring (bicyclic) bond motifs is 8. The van der Waals surface area contributed by atoms with Gasteiger partial charge in [-0.05, 0) is 82.7 Å². The zero-order valence-corrected chi connectivity index (χ0v) is 29.9. The van der Waals surface area contributed by atoms with Gasteiger partial charge in [0.1, 0.15) is 11.2 Å². The molecule has 0 bridgehead atoms. The monoisotopic (exact) mass is 702 g/mol. The molecule has 258 valence electrons. The predicted molar refractivity (Wildman–Crippen MR) is 231 cm³/mol. The van der Waals surface area contributed by atoms with Gasteiger partial charge in [-0.1, -0.05) is 146 Å². The molecule has 0 aliphatic rings. The molecule has 0 amide bonds. The highest BCUT2D eigenvalue weighted by atomic mass is 16.3. The van der Waals surface area contributed by atoms with Gasteiger partial charge in [0.25, 0.3) is 0 Å². The van der Waals surface area contributed by atoms with Gasteiger partial charge in [-0.2, -0.15) is 0 Å². The molecular formula is C52H34N2O. The van der Waals surface area contributed by atoms with Crippen LogP contribution in [0.15, 0.2) is 211 Å². The summed E-state index contributed by atoms with van der Waals surface area (Å²) in [6.45, 7) is 0. The van der Waals surface area contributed by atoms with E-state index in [1.165, 1.54) is 32.8 Å². The van der Waals surface area contributed by atoms with Crippen LogP contribution in [0.4, 0.5) is 17.1 Å². The summed E-state index contributed by atoms with van der Waals surface area (Å²) in [6.07, 6.45) is 0. The Hall–Kier alpha value is -7.36. The number of aromatic nitrogens is 1. The van der Waals surface area contributed by atoms with Gasteiger partial charge >= 0.3 is 0 Å². The molecule has 0 radical (unpaired) electrons. The number of para-hydroxylation sites is 3. The minimum atomic E-state index is 0.880. The summed E-state index contributed by atoms with van der Waals surface area (Å²) >= 11 is 0. The van der Waals surface area contributed by atoms with Crippen molar-refractivity contribution in [3.63, 3.8) is 0 Å². The maximum atomic E-state index is 6.69. The van der Waals surface area contributed by atoms with E-state index in [1.54, 1.807) is 0 Å². The smallest absolute Gasteiger partial charge is 0.143 e. The Kier molecular flexibility index (Phi) is 7.17. The zero-order chi connectivity index (χ0) is 36.3. The third kappa shape index (κ3) is 4.98. The van der Waals surface area contributed by atoms with Crippen LogP contribution >= 0.6 is 0 Å². The van der Waals surface area contributed by atoms with Gasteiger partial charge in [-0.25, -0.2) is 0 Å². The average Bonchev–Trinajstić information content (AvgIpc) is 3.82. The summed E-state index contributed by atoms with van der Waals surface area (Å²) in [4.78, 5) is 2.45. The molecule has 0 saturated heterocycles. The van der Waals surface area contributed by atoms with Crippen molar-refractivity contribution in [2.45, 2.75) is 0 Å². The van der Waals surface area contributed by atoms with Crippen LogP contribution in [0.25, 0.3) is 82.5 Å². The molecule has 0 unspecified atom stereocenters. The summed E-state index contributed by atoms with van der Waals surface area (Å²) < 4.78 is 9.08. The molecule has 11 aromatic rings. The quantitative estimate of drug-likeness (QED) is 0.172. The van der Waals surface area contributed by atoms with Crippen molar-refractivity contribution in [2.75, 3.05) is 4.90 Å². The van der Waals surface area contributed by atoms with Gasteiger partial charge in [0.15, 0.2) is 0 Å². The molecule has 2 aromatic heterocycles. The van der Waals surface area contributed by atoms with Crippen LogP contribution < -0.4 is 4.90 Å². The molecule has 0 spiro atoms. The predicted octanol–water partition coefficient (Wildman–Crippen LogP) is 14.6. The van der Waals surface area contributed by atoms with Crippen LogP contribution in [0.5, 0.6) is 0 Å². The number of anilines is 3. The summed E-state index contributed by atoms with van der Waals surface area (Å²) in [6, 6.07) is 73.9. The third-order valence-electron chi connectivity index (χ3n) is 11.0. The summed E-state index contributed by atoms with van der Waals surface area (Å²) in [5, 5.41) is 6.93. The second-order valence-electron chi connectivity index (χ2n) is 14.1. The number of rotatable bonds is 6. The fraction of sp³-hybridized carbons (Fsp3) is 0. The van der Waals surface area contributed by atoms with Crippen molar-refractivity contribution in [3.8, 4) is 27.9 Å². The van der Waals surface area contributed by atoms with Crippen molar-refractivity contribution in [1.29, 1.82) is 0 Å². The van der Waals surface area contributed by atoms with Crippen molar-refractivity contribution >= 4 is 71.6 Å². The first-order chi connectivity index (χ1) is 27.3. The molecule has 0 aliphatic carbocycles. The van der Waals surface area contributed by atoms with Gasteiger partial charge < -0.3 is 13.9 Å². The Balaban J connectivity index is 1.20. The van der Waals surface area contributed by atoms with Crippen molar-refractivity contribution in [2.24, 2.45) is 0 Å². The van der Waals surface area contributed by atoms with E-state index < -0.39 is 0 Å². The highest BCUT2D eigenvalue weighted by molar-refractivity contribution is 6.21. The molecule has 0 N–H and O–H groups in total. The lowest BCUT2D eigenvalue weighted by atomic mass is 9.95. The number of benzene rings is 9. The van der Waals surface area contributed by atoms with E-state index in [0.717, 1.165) is 66.7 Å². The summed E-state index contributed by atoms with van der Waals surface area (Å²) in [7, 11) is 0. The van der Waals surface area contributed by atoms with E-state index >= 15 is 0 Å². The van der Waals surface area contributed by atoms with E-state index in [9.17, 15) is 0 Å². The molecule has 0 atom stereocenters. The number of hydrogen-bond acceptors (Lipinski definition) is 2. The van der Waals surface area contributed by atoms with E-state index in [0.29, 0.717) is 0 Å². The lowest BCUT2D eigenvalue weighted by Crippen LogP contribution is -2.11. The van der Waals surface area contributed by atoms with Gasteiger partial charge in [0.2, 0.25) is 0 Å². The third-order valence-corrected chi connectivity index (χ3v) is 11.0. The molecule has 11 rings (SSSR count). The lowest BCUT2D eigenvalue weighted by Gasteiger charge is -2.29. The summed E-state index contributed by atoms with van der Waals surface area (Å²) in [5.74, 6) is 0. The van der Waals surface area contributed by atoms with E-state index in [1.807, 2.05) is 0 Å². The molecule has 2 heterocycles. The SMILES string of the molecule is c1ccc(-c2ccc(N(c3ccccc3-c3cccc4oc5c6ccccc6ccc5c34)c3cccc4c3c3ccccc3n4-c3ccccc3)cc2)cc1. The fourth-order valence-electron chi connectivity index (χ4n) is 8.56. The first kappa shape index (κ1) is 31.2. The Morgan fingerprint density at radius 3 is 1.87 bits per heavy atom. The molecule has 0 fully saturated rings. The van der Waals surface area contributed by atoms with E-state index in [-0.39, 0.29) is 0 Å². The maximum absolute atomic E-state index is 6.69. The molecule has 3 nitrogen and oxygen atoms in total. The standard InChI is InChI=1S/C52H34N2O/c1-3-15-35(16-4-1)36-29-32-39(33-30-36)54(48-27-14-26-47-51(48)43-22-10-12-25-46(43)53(47)38-18-5-2-6-19-38)45-24-11-9-21-41(45)42-23-13-28-49-50(42)44-34-31-37-17-7-8-20-40(37)52(44)55-49/h1-34H. The molecule has 0 aliphatic heterocycles. The zero-order valence-electron chi connectivity index (χ0n) is 29.9. The molecular weight excluding hydrogens is 669 g/mol. The Bertz CT molecular complexity index is 3190. The second-order valence-corrected chi connectivity index (χ2v) is 14.1. The molecule has 0 saturated carbocycles. The van der Waals surface area contributed by atoms with Crippen LogP contribution in [0.2, 0.25) is 0 Å². The average molecular weight is 703 g/mol. The van der Waals surface area contributed by atoms with Crippen LogP contribution in [0, 0.1) is 0 Å². The number of hydrogen-bond donors (Lipinski definition) is 0. The minimum Gasteiger partial charge on any atom is -0.455 e. The van der Waals surface area contributed by atoms with Crippen LogP contribution in [-0.2, 0) is 0 Å². The first-order valence-corrected chi connectivity index (χ1v) is 18.8. The first-order valence-electron chi connectivity index (χ1n) is 18.8. The van der Waals surface area contributed by atoms with Gasteiger partial charge in [-0.3, -0.25) is 0 Å². The summed E-state index contributed by atoms with van der Waals surface area (Å²) in [5.41, 5.74) is 13.2. The Morgan fingerprint density at radius 2 is 1.02 bits per heavy atom. The number of nitrogens with zero attached hydrogens (tertiary/aromatic N) is 2. The largest absolute Gasteiger partial charge is 0.455 e. The molecule has 9 aromatic carbocycles. The fourth-order valence-corrected chi connectivity index (χ4v) is 8.56. The van der Waals surface area contributed by atoms with Crippen LogP contribution in [-0.4, -0.2) is 4.57 Å². The minimum absolute atomic E-state index is 0.880. The van der Waals surface area contributed by atoms with Crippen molar-refractivity contribution < 1.29 is 4.42 Å². The van der Waals surface area contributed by atoms with E-state index in [4.69, 9.17) is 4.42 Å². The second kappa shape index (κ2) is 12.6. The maximum Gasteiger partial charge on any atom is 0.143 e. The molecule has 3 heteroatoms. The Morgan fingerprint density at radius 1 is 0.382 bits per heavy atom. The van der Waals surface area contributed by atoms with Crippen LogP contribution in [0.3, 0.4) is 0 Å². The van der Waals surface area contributed by atoms with Crippen molar-refractivity contribution in [1.82, 2.24) is 4.57 Å². The number of furan rings is 1. The van der Waals surface area contributed by atoms with Gasteiger partial charge in [-0.15, -0.1) is 0 Å². The van der Waals surface area contributed by atoms with Gasteiger partial charge in [0.05, 0.1) is 22.4 Å². The topological polar surface area (TPSA) is 21.3 Å². The lowest BCUT2D eigenvalue weighted by molar-refractivity contribution is 0.673. The van der Waals surface area contributed by atoms with E-state index in [2.05, 4.69) is 216 Å². The van der Waals surface area contributed by atoms with Crippen LogP contribution in [0.1, 0.15) is 0 Å².